The highest BCUT2D eigenvalue weighted by molar-refractivity contribution is 6.30. The van der Waals surface area contributed by atoms with E-state index in [4.69, 9.17) is 22.1 Å². The maximum atomic E-state index is 6.02. The Morgan fingerprint density at radius 1 is 1.47 bits per heavy atom. The quantitative estimate of drug-likeness (QED) is 0.859. The first-order valence-electron chi connectivity index (χ1n) is 5.19. The first-order valence-corrected chi connectivity index (χ1v) is 5.57. The van der Waals surface area contributed by atoms with Crippen molar-refractivity contribution in [2.45, 2.75) is 32.7 Å². The van der Waals surface area contributed by atoms with E-state index < -0.39 is 0 Å². The molecule has 1 aromatic rings. The number of ether oxygens (including phenoxy) is 1. The summed E-state index contributed by atoms with van der Waals surface area (Å²) in [5.74, 6) is 0.862. The number of halogens is 1. The lowest BCUT2D eigenvalue weighted by Gasteiger charge is -2.14. The summed E-state index contributed by atoms with van der Waals surface area (Å²) in [6.07, 6.45) is 1.77. The molecule has 2 nitrogen and oxygen atoms in total. The van der Waals surface area contributed by atoms with E-state index in [1.807, 2.05) is 19.1 Å². The molecule has 1 unspecified atom stereocenters. The molecule has 0 heterocycles. The highest BCUT2D eigenvalue weighted by atomic mass is 35.5. The van der Waals surface area contributed by atoms with Crippen LogP contribution in [0.4, 0.5) is 0 Å². The third-order valence-corrected chi connectivity index (χ3v) is 2.60. The summed E-state index contributed by atoms with van der Waals surface area (Å²) >= 11 is 6.02. The summed E-state index contributed by atoms with van der Waals surface area (Å²) in [5.41, 5.74) is 8.20. The lowest BCUT2D eigenvalue weighted by molar-refractivity contribution is 0.409. The molecule has 15 heavy (non-hydrogen) atoms. The molecule has 1 aromatic carbocycles. The van der Waals surface area contributed by atoms with Crippen LogP contribution in [0.2, 0.25) is 5.02 Å². The number of rotatable bonds is 4. The zero-order valence-corrected chi connectivity index (χ0v) is 10.3. The van der Waals surface area contributed by atoms with Gasteiger partial charge in [-0.15, -0.1) is 0 Å². The Morgan fingerprint density at radius 2 is 2.13 bits per heavy atom. The number of benzene rings is 1. The molecule has 0 aromatic heterocycles. The van der Waals surface area contributed by atoms with Crippen LogP contribution in [-0.4, -0.2) is 13.2 Å². The van der Waals surface area contributed by atoms with Gasteiger partial charge in [-0.2, -0.15) is 0 Å². The minimum atomic E-state index is 0.137. The van der Waals surface area contributed by atoms with E-state index in [9.17, 15) is 0 Å². The summed E-state index contributed by atoms with van der Waals surface area (Å²) in [5, 5.41) is 0.708. The van der Waals surface area contributed by atoms with Crippen molar-refractivity contribution in [3.63, 3.8) is 0 Å². The van der Waals surface area contributed by atoms with Crippen LogP contribution in [-0.2, 0) is 12.8 Å². The van der Waals surface area contributed by atoms with E-state index in [-0.39, 0.29) is 6.04 Å². The van der Waals surface area contributed by atoms with Gasteiger partial charge in [0.05, 0.1) is 7.11 Å². The molecule has 3 heteroatoms. The molecule has 84 valence electrons. The number of hydrogen-bond donors (Lipinski definition) is 1. The molecule has 0 radical (unpaired) electrons. The Balaban J connectivity index is 3.16. The highest BCUT2D eigenvalue weighted by Crippen LogP contribution is 2.28. The summed E-state index contributed by atoms with van der Waals surface area (Å²) in [4.78, 5) is 0. The molecule has 0 saturated heterocycles. The van der Waals surface area contributed by atoms with Crippen molar-refractivity contribution in [1.29, 1.82) is 0 Å². The van der Waals surface area contributed by atoms with E-state index in [0.29, 0.717) is 5.02 Å². The van der Waals surface area contributed by atoms with Gasteiger partial charge in [-0.3, -0.25) is 0 Å². The molecule has 0 saturated carbocycles. The van der Waals surface area contributed by atoms with E-state index in [2.05, 4.69) is 6.92 Å². The maximum Gasteiger partial charge on any atom is 0.123 e. The smallest absolute Gasteiger partial charge is 0.123 e. The van der Waals surface area contributed by atoms with Gasteiger partial charge in [-0.1, -0.05) is 18.5 Å². The fourth-order valence-electron chi connectivity index (χ4n) is 1.78. The predicted molar refractivity (Wildman–Crippen MR) is 64.7 cm³/mol. The molecule has 0 aliphatic heterocycles. The lowest BCUT2D eigenvalue weighted by atomic mass is 9.98. The van der Waals surface area contributed by atoms with Crippen LogP contribution < -0.4 is 10.5 Å². The SMILES string of the molecule is CCc1c(CC(C)N)cc(Cl)cc1OC. The molecule has 1 rings (SSSR count). The van der Waals surface area contributed by atoms with Crippen LogP contribution in [0, 0.1) is 0 Å². The molecule has 0 aliphatic carbocycles. The average Bonchev–Trinajstić information content (AvgIpc) is 2.15. The van der Waals surface area contributed by atoms with Gasteiger partial charge in [-0.25, -0.2) is 0 Å². The third kappa shape index (κ3) is 3.11. The Morgan fingerprint density at radius 3 is 2.60 bits per heavy atom. The molecule has 0 amide bonds. The highest BCUT2D eigenvalue weighted by Gasteiger charge is 2.10. The standard InChI is InChI=1S/C12H18ClNO/c1-4-11-9(5-8(2)14)6-10(13)7-12(11)15-3/h6-8H,4-5,14H2,1-3H3. The van der Waals surface area contributed by atoms with Crippen LogP contribution in [0.5, 0.6) is 5.75 Å². The summed E-state index contributed by atoms with van der Waals surface area (Å²) < 4.78 is 5.31. The van der Waals surface area contributed by atoms with Gasteiger partial charge < -0.3 is 10.5 Å². The Bertz CT molecular complexity index is 337. The molecule has 0 fully saturated rings. The number of hydrogen-bond acceptors (Lipinski definition) is 2. The summed E-state index contributed by atoms with van der Waals surface area (Å²) in [7, 11) is 1.67. The summed E-state index contributed by atoms with van der Waals surface area (Å²) in [6.45, 7) is 4.10. The third-order valence-electron chi connectivity index (χ3n) is 2.38. The summed E-state index contributed by atoms with van der Waals surface area (Å²) in [6, 6.07) is 3.97. The zero-order chi connectivity index (χ0) is 11.4. The second-order valence-electron chi connectivity index (χ2n) is 3.78. The fraction of sp³-hybridized carbons (Fsp3) is 0.500. The van der Waals surface area contributed by atoms with Gasteiger partial charge >= 0.3 is 0 Å². The van der Waals surface area contributed by atoms with Crippen LogP contribution in [0.3, 0.4) is 0 Å². The second-order valence-corrected chi connectivity index (χ2v) is 4.22. The largest absolute Gasteiger partial charge is 0.496 e. The van der Waals surface area contributed by atoms with Gasteiger partial charge in [0, 0.05) is 11.1 Å². The first-order chi connectivity index (χ1) is 7.08. The Hall–Kier alpha value is -0.730. The van der Waals surface area contributed by atoms with E-state index >= 15 is 0 Å². The van der Waals surface area contributed by atoms with Crippen LogP contribution >= 0.6 is 11.6 Å². The first kappa shape index (κ1) is 12.3. The van der Waals surface area contributed by atoms with Crippen molar-refractivity contribution in [3.05, 3.63) is 28.3 Å². The molecule has 0 spiro atoms. The normalized spacial score (nSPS) is 12.6. The van der Waals surface area contributed by atoms with Crippen molar-refractivity contribution in [2.75, 3.05) is 7.11 Å². The minimum absolute atomic E-state index is 0.137. The maximum absolute atomic E-state index is 6.02. The van der Waals surface area contributed by atoms with Crippen molar-refractivity contribution < 1.29 is 4.74 Å². The van der Waals surface area contributed by atoms with Crippen molar-refractivity contribution in [1.82, 2.24) is 0 Å². The van der Waals surface area contributed by atoms with Crippen LogP contribution in [0.25, 0.3) is 0 Å². The lowest BCUT2D eigenvalue weighted by Crippen LogP contribution is -2.18. The van der Waals surface area contributed by atoms with Crippen molar-refractivity contribution in [2.24, 2.45) is 5.73 Å². The minimum Gasteiger partial charge on any atom is -0.496 e. The molecule has 1 atom stereocenters. The van der Waals surface area contributed by atoms with Gasteiger partial charge in [0.1, 0.15) is 5.75 Å². The second kappa shape index (κ2) is 5.38. The average molecular weight is 228 g/mol. The van der Waals surface area contributed by atoms with Gasteiger partial charge in [0.15, 0.2) is 0 Å². The van der Waals surface area contributed by atoms with E-state index in [1.165, 1.54) is 11.1 Å². The fourth-order valence-corrected chi connectivity index (χ4v) is 2.01. The van der Waals surface area contributed by atoms with E-state index in [1.54, 1.807) is 7.11 Å². The number of methoxy groups -OCH3 is 1. The Kier molecular flexibility index (Phi) is 4.43. The van der Waals surface area contributed by atoms with Crippen LogP contribution in [0.1, 0.15) is 25.0 Å². The molecule has 0 aliphatic rings. The monoisotopic (exact) mass is 227 g/mol. The zero-order valence-electron chi connectivity index (χ0n) is 9.51. The molecular weight excluding hydrogens is 210 g/mol. The van der Waals surface area contributed by atoms with Gasteiger partial charge in [0.2, 0.25) is 0 Å². The molecule has 0 bridgehead atoms. The van der Waals surface area contributed by atoms with Crippen molar-refractivity contribution in [3.8, 4) is 5.75 Å². The van der Waals surface area contributed by atoms with E-state index in [0.717, 1.165) is 18.6 Å². The van der Waals surface area contributed by atoms with Gasteiger partial charge in [0.25, 0.3) is 0 Å². The Labute approximate surface area is 96.4 Å². The van der Waals surface area contributed by atoms with Crippen molar-refractivity contribution >= 4 is 11.6 Å². The van der Waals surface area contributed by atoms with Crippen LogP contribution in [0.15, 0.2) is 12.1 Å². The predicted octanol–water partition coefficient (Wildman–Crippen LogP) is 2.80. The topological polar surface area (TPSA) is 35.2 Å². The molecular formula is C12H18ClNO. The van der Waals surface area contributed by atoms with Gasteiger partial charge in [-0.05, 0) is 43.0 Å². The molecule has 2 N–H and O–H groups in total. The number of nitrogens with two attached hydrogens (primary N) is 1.